The molecule has 1 fully saturated rings. The number of aliphatic imine (C=N–C) groups is 2. The number of nitrogens with one attached hydrogen (secondary N) is 7. The lowest BCUT2D eigenvalue weighted by Crippen LogP contribution is -2.61. The van der Waals surface area contributed by atoms with Crippen molar-refractivity contribution in [1.29, 1.82) is 0 Å². The number of rotatable bonds is 19. The molecule has 22 N–H and O–H groups in total. The third-order valence-corrected chi connectivity index (χ3v) is 11.7. The molecule has 0 radical (unpaired) electrons. The van der Waals surface area contributed by atoms with Crippen molar-refractivity contribution in [2.24, 2.45) is 56.0 Å². The minimum absolute atomic E-state index is 0.0250. The number of phenolic OH excluding ortho intramolecular Hbond substituents is 1. The molecule has 420 valence electrons. The summed E-state index contributed by atoms with van der Waals surface area (Å²) in [5.74, 6) is -6.51. The summed E-state index contributed by atoms with van der Waals surface area (Å²) in [4.78, 5) is 134. The first-order chi connectivity index (χ1) is 35.5. The Kier molecular flexibility index (Phi) is 28.9. The van der Waals surface area contributed by atoms with Crippen LogP contribution in [0.1, 0.15) is 90.5 Å². The van der Waals surface area contributed by atoms with Gasteiger partial charge in [0.2, 0.25) is 47.3 Å². The van der Waals surface area contributed by atoms with E-state index in [4.69, 9.17) is 40.1 Å². The number of carbonyl (C=O) groups excluding carboxylic acids is 9. The van der Waals surface area contributed by atoms with Crippen molar-refractivity contribution in [1.82, 2.24) is 47.0 Å². The molecular weight excluding hydrogens is 977 g/mol. The number of nitrogens with two attached hydrogens (primary N) is 7. The van der Waals surface area contributed by atoms with Crippen LogP contribution in [0, 0.1) is 5.92 Å². The number of phenols is 1. The lowest BCUT2D eigenvalue weighted by Gasteiger charge is -2.29. The second kappa shape index (κ2) is 34.1. The topological polar surface area (TPSA) is 471 Å². The molecule has 10 amide bonds. The molecule has 1 aromatic carbocycles. The molecule has 1 saturated heterocycles. The fraction of sp³-hybridized carbons (Fsp3) is 0.638. The van der Waals surface area contributed by atoms with Gasteiger partial charge in [-0.2, -0.15) is 0 Å². The lowest BCUT2D eigenvalue weighted by molar-refractivity contribution is -0.140. The largest absolute Gasteiger partial charge is 0.508 e. The van der Waals surface area contributed by atoms with Gasteiger partial charge >= 0.3 is 6.03 Å². The molecular formula is C47H82N18O10. The van der Waals surface area contributed by atoms with E-state index in [0.717, 1.165) is 4.90 Å². The quantitative estimate of drug-likeness (QED) is 0.0351. The minimum atomic E-state index is -1.45. The van der Waals surface area contributed by atoms with E-state index in [1.807, 2.05) is 13.8 Å². The minimum Gasteiger partial charge on any atom is -0.508 e. The van der Waals surface area contributed by atoms with Gasteiger partial charge in [-0.3, -0.25) is 48.3 Å². The van der Waals surface area contributed by atoms with Crippen LogP contribution in [-0.4, -0.2) is 175 Å². The Morgan fingerprint density at radius 3 is 1.80 bits per heavy atom. The Bertz CT molecular complexity index is 2100. The number of nitrogens with zero attached hydrogens (tertiary/aromatic N) is 4. The van der Waals surface area contributed by atoms with E-state index in [2.05, 4.69) is 47.2 Å². The van der Waals surface area contributed by atoms with Gasteiger partial charge in [-0.05, 0) is 81.4 Å². The van der Waals surface area contributed by atoms with Crippen molar-refractivity contribution in [3.63, 3.8) is 0 Å². The van der Waals surface area contributed by atoms with Gasteiger partial charge in [0.25, 0.3) is 0 Å². The summed E-state index contributed by atoms with van der Waals surface area (Å²) >= 11 is 0. The summed E-state index contributed by atoms with van der Waals surface area (Å²) < 4.78 is 0. The molecule has 28 heteroatoms. The zero-order chi connectivity index (χ0) is 56.0. The second-order valence-electron chi connectivity index (χ2n) is 18.6. The van der Waals surface area contributed by atoms with Gasteiger partial charge in [0, 0.05) is 52.2 Å². The van der Waals surface area contributed by atoms with Crippen LogP contribution < -0.4 is 77.4 Å². The number of aromatic hydroxyl groups is 1. The molecule has 1 aliphatic rings. The SMILES string of the molecule is CCC[C@@H]1NC(=O)[C@H](CCCN=C(N)N)NC(=O)CN(C(=O)[C@@H](N)CCCN=C(N)N)CCCNC(=O)NCCCN(CC(N)=O)C(=O)[C@H](CCC(C)C)NC(=O)[C@H](CN)NC(=O)[C@H](Cc2ccc(O)cc2)NC1=O. The number of urea groups is 1. The number of carbonyl (C=O) groups is 9. The van der Waals surface area contributed by atoms with Crippen molar-refractivity contribution < 1.29 is 48.3 Å². The van der Waals surface area contributed by atoms with Crippen LogP contribution >= 0.6 is 0 Å². The summed E-state index contributed by atoms with van der Waals surface area (Å²) in [6, 6.07) is -2.55. The van der Waals surface area contributed by atoms with Gasteiger partial charge in [0.15, 0.2) is 11.9 Å². The molecule has 0 unspecified atom stereocenters. The molecule has 0 bridgehead atoms. The Balaban J connectivity index is 2.66. The molecule has 2 rings (SSSR count). The van der Waals surface area contributed by atoms with E-state index in [-0.39, 0.29) is 114 Å². The van der Waals surface area contributed by atoms with Crippen LogP contribution in [0.5, 0.6) is 5.75 Å². The molecule has 28 nitrogen and oxygen atoms in total. The van der Waals surface area contributed by atoms with Gasteiger partial charge in [-0.25, -0.2) is 4.79 Å². The van der Waals surface area contributed by atoms with Gasteiger partial charge in [-0.1, -0.05) is 39.3 Å². The van der Waals surface area contributed by atoms with Crippen LogP contribution in [0.15, 0.2) is 34.3 Å². The first-order valence-corrected chi connectivity index (χ1v) is 25.3. The third kappa shape index (κ3) is 25.3. The van der Waals surface area contributed by atoms with E-state index in [9.17, 15) is 48.3 Å². The highest BCUT2D eigenvalue weighted by Crippen LogP contribution is 2.14. The summed E-state index contributed by atoms with van der Waals surface area (Å²) in [7, 11) is 0. The second-order valence-corrected chi connectivity index (χ2v) is 18.6. The Labute approximate surface area is 437 Å². The van der Waals surface area contributed by atoms with E-state index < -0.39 is 109 Å². The van der Waals surface area contributed by atoms with Crippen LogP contribution in [0.3, 0.4) is 0 Å². The standard InChI is InChI=1S/C47H82N18O10/c1-4-9-32-39(69)62-35(24-29-13-15-30(66)16-14-29)41(71)63-36(25-48)42(72)61-34(17-12-28(2)3)44(74)64(26-37(50)67)22-7-20-57-47(75)58-21-8-23-65(43(73)31(49)10-5-18-55-45(51)52)27-38(68)59-33(40(70)60-32)11-6-19-56-46(53)54/h13-16,28,31-36,66H,4-12,17-27,48-49H2,1-3H3,(H2,50,67)(H,59,68)(H,60,70)(H,61,72)(H,62,69)(H,63,71)(H4,51,52,55)(H4,53,54,56)(H2,57,58,75)/t31-,32-,33-,34-,35-,36-/m0/s1. The maximum Gasteiger partial charge on any atom is 0.314 e. The fourth-order valence-electron chi connectivity index (χ4n) is 7.72. The van der Waals surface area contributed by atoms with Crippen molar-refractivity contribution in [2.45, 2.75) is 128 Å². The predicted octanol–water partition coefficient (Wildman–Crippen LogP) is -4.78. The normalized spacial score (nSPS) is 21.1. The summed E-state index contributed by atoms with van der Waals surface area (Å²) in [5.41, 5.74) is 40.2. The average molecular weight is 1060 g/mol. The summed E-state index contributed by atoms with van der Waals surface area (Å²) in [6.07, 6.45) is 1.75. The van der Waals surface area contributed by atoms with Crippen molar-refractivity contribution in [3.05, 3.63) is 29.8 Å². The van der Waals surface area contributed by atoms with E-state index >= 15 is 0 Å². The van der Waals surface area contributed by atoms with E-state index in [0.29, 0.717) is 24.8 Å². The number of benzene rings is 1. The summed E-state index contributed by atoms with van der Waals surface area (Å²) in [5, 5.41) is 28.6. The third-order valence-electron chi connectivity index (χ3n) is 11.7. The van der Waals surface area contributed by atoms with Gasteiger partial charge in [0.05, 0.1) is 19.1 Å². The number of primary amides is 1. The average Bonchev–Trinajstić information content (AvgIpc) is 3.34. The molecule has 0 aromatic heterocycles. The van der Waals surface area contributed by atoms with Crippen molar-refractivity contribution >= 4 is 65.2 Å². The summed E-state index contributed by atoms with van der Waals surface area (Å²) in [6.45, 7) is 4.22. The molecule has 0 spiro atoms. The molecule has 0 aliphatic carbocycles. The predicted molar refractivity (Wildman–Crippen MR) is 280 cm³/mol. The molecule has 1 aromatic rings. The zero-order valence-electron chi connectivity index (χ0n) is 43.4. The van der Waals surface area contributed by atoms with Crippen molar-refractivity contribution in [3.8, 4) is 5.75 Å². The van der Waals surface area contributed by atoms with Crippen LogP contribution in [0.2, 0.25) is 0 Å². The lowest BCUT2D eigenvalue weighted by atomic mass is 10.0. The smallest absolute Gasteiger partial charge is 0.314 e. The maximum atomic E-state index is 14.3. The molecule has 6 atom stereocenters. The molecule has 1 aliphatic heterocycles. The van der Waals surface area contributed by atoms with E-state index in [1.165, 1.54) is 29.2 Å². The first-order valence-electron chi connectivity index (χ1n) is 25.3. The highest BCUT2D eigenvalue weighted by atomic mass is 16.3. The van der Waals surface area contributed by atoms with Crippen LogP contribution in [0.25, 0.3) is 0 Å². The Morgan fingerprint density at radius 1 is 0.693 bits per heavy atom. The Hall–Kier alpha value is -7.49. The Morgan fingerprint density at radius 2 is 1.23 bits per heavy atom. The molecule has 1 heterocycles. The van der Waals surface area contributed by atoms with E-state index in [1.54, 1.807) is 6.92 Å². The number of amides is 10. The van der Waals surface area contributed by atoms with Crippen LogP contribution in [0.4, 0.5) is 4.79 Å². The molecule has 0 saturated carbocycles. The molecule has 75 heavy (non-hydrogen) atoms. The highest BCUT2D eigenvalue weighted by molar-refractivity contribution is 5.97. The fourth-order valence-corrected chi connectivity index (χ4v) is 7.72. The van der Waals surface area contributed by atoms with Gasteiger partial charge < -0.3 is 92.3 Å². The monoisotopic (exact) mass is 1060 g/mol. The highest BCUT2D eigenvalue weighted by Gasteiger charge is 2.34. The van der Waals surface area contributed by atoms with Crippen LogP contribution in [-0.2, 0) is 44.8 Å². The number of hydrogen-bond acceptors (Lipinski definition) is 14. The maximum absolute atomic E-state index is 14.3. The first kappa shape index (κ1) is 63.6. The van der Waals surface area contributed by atoms with Crippen molar-refractivity contribution in [2.75, 3.05) is 58.9 Å². The zero-order valence-corrected chi connectivity index (χ0v) is 43.4. The number of guanidine groups is 2. The number of hydrogen-bond donors (Lipinski definition) is 15. The van der Waals surface area contributed by atoms with Gasteiger partial charge in [0.1, 0.15) is 36.0 Å². The van der Waals surface area contributed by atoms with Gasteiger partial charge in [-0.15, -0.1) is 0 Å².